The zero-order valence-corrected chi connectivity index (χ0v) is 10.4. The minimum absolute atomic E-state index is 0.0723. The molecule has 0 saturated carbocycles. The molecule has 0 bridgehead atoms. The maximum Gasteiger partial charge on any atom is 0.389 e. The molecule has 1 N–H and O–H groups in total. The number of halogens is 3. The van der Waals surface area contributed by atoms with Gasteiger partial charge < -0.3 is 5.32 Å². The molecular weight excluding hydrogens is 227 g/mol. The summed E-state index contributed by atoms with van der Waals surface area (Å²) in [6, 6.07) is 5.64. The molecular formula is C13H18F3N. The second kappa shape index (κ2) is 5.54. The molecule has 4 heteroatoms. The largest absolute Gasteiger partial charge is 0.389 e. The number of rotatable bonds is 4. The van der Waals surface area contributed by atoms with Gasteiger partial charge in [-0.2, -0.15) is 13.2 Å². The average Bonchev–Trinajstić information content (AvgIpc) is 2.15. The van der Waals surface area contributed by atoms with Gasteiger partial charge in [-0.15, -0.1) is 0 Å². The Hall–Kier alpha value is -1.03. The summed E-state index contributed by atoms with van der Waals surface area (Å²) in [6.45, 7) is 3.90. The van der Waals surface area contributed by atoms with Crippen LogP contribution in [-0.2, 0) is 0 Å². The quantitative estimate of drug-likeness (QED) is 0.848. The Kier molecular flexibility index (Phi) is 4.57. The molecule has 1 nitrogen and oxygen atoms in total. The molecule has 17 heavy (non-hydrogen) atoms. The van der Waals surface area contributed by atoms with Crippen molar-refractivity contribution in [3.8, 4) is 0 Å². The van der Waals surface area contributed by atoms with Crippen molar-refractivity contribution < 1.29 is 13.2 Å². The molecule has 0 amide bonds. The Balaban J connectivity index is 2.79. The van der Waals surface area contributed by atoms with Gasteiger partial charge in [0.1, 0.15) is 0 Å². The first kappa shape index (κ1) is 14.0. The molecule has 96 valence electrons. The molecule has 1 rings (SSSR count). The Bertz CT molecular complexity index is 351. The number of aryl methyl sites for hydroxylation is 2. The van der Waals surface area contributed by atoms with Crippen LogP contribution in [0.1, 0.15) is 35.6 Å². The van der Waals surface area contributed by atoms with Crippen LogP contribution in [0.3, 0.4) is 0 Å². The van der Waals surface area contributed by atoms with Crippen LogP contribution in [0.15, 0.2) is 18.2 Å². The standard InChI is InChI=1S/C13H18F3N/c1-9-6-10(2)8-11(7-9)12(17-3)4-5-13(14,15)16/h6-8,12,17H,4-5H2,1-3H3. The van der Waals surface area contributed by atoms with Crippen LogP contribution in [0.25, 0.3) is 0 Å². The van der Waals surface area contributed by atoms with E-state index in [9.17, 15) is 13.2 Å². The Morgan fingerprint density at radius 3 is 2.06 bits per heavy atom. The molecule has 0 aliphatic rings. The molecule has 0 saturated heterocycles. The van der Waals surface area contributed by atoms with Gasteiger partial charge in [-0.3, -0.25) is 0 Å². The normalized spacial score (nSPS) is 13.8. The summed E-state index contributed by atoms with van der Waals surface area (Å²) in [6.07, 6.45) is -4.78. The first-order valence-corrected chi connectivity index (χ1v) is 5.64. The highest BCUT2D eigenvalue weighted by molar-refractivity contribution is 5.30. The van der Waals surface area contributed by atoms with E-state index in [-0.39, 0.29) is 12.5 Å². The minimum atomic E-state index is -4.09. The van der Waals surface area contributed by atoms with E-state index in [1.165, 1.54) is 0 Å². The monoisotopic (exact) mass is 245 g/mol. The maximum atomic E-state index is 12.2. The lowest BCUT2D eigenvalue weighted by Gasteiger charge is -2.18. The van der Waals surface area contributed by atoms with Gasteiger partial charge in [0.05, 0.1) is 0 Å². The Morgan fingerprint density at radius 1 is 1.12 bits per heavy atom. The van der Waals surface area contributed by atoms with Crippen LogP contribution in [0.4, 0.5) is 13.2 Å². The van der Waals surface area contributed by atoms with Gasteiger partial charge in [-0.25, -0.2) is 0 Å². The number of benzene rings is 1. The van der Waals surface area contributed by atoms with E-state index in [4.69, 9.17) is 0 Å². The number of hydrogen-bond acceptors (Lipinski definition) is 1. The lowest BCUT2D eigenvalue weighted by atomic mass is 9.98. The summed E-state index contributed by atoms with van der Waals surface area (Å²) in [7, 11) is 1.69. The second-order valence-corrected chi connectivity index (χ2v) is 4.42. The number of alkyl halides is 3. The molecule has 1 unspecified atom stereocenters. The van der Waals surface area contributed by atoms with Crippen molar-refractivity contribution in [2.24, 2.45) is 0 Å². The molecule has 0 aliphatic carbocycles. The Labute approximate surface area is 100 Å². The van der Waals surface area contributed by atoms with E-state index in [1.807, 2.05) is 32.0 Å². The van der Waals surface area contributed by atoms with Gasteiger partial charge in [0, 0.05) is 12.5 Å². The van der Waals surface area contributed by atoms with Crippen LogP contribution in [0, 0.1) is 13.8 Å². The second-order valence-electron chi connectivity index (χ2n) is 4.42. The fourth-order valence-electron chi connectivity index (χ4n) is 2.00. The van der Waals surface area contributed by atoms with Crippen LogP contribution in [0.2, 0.25) is 0 Å². The molecule has 1 aromatic rings. The first-order valence-electron chi connectivity index (χ1n) is 5.64. The van der Waals surface area contributed by atoms with Gasteiger partial charge in [0.15, 0.2) is 0 Å². The van der Waals surface area contributed by atoms with Crippen LogP contribution >= 0.6 is 0 Å². The third-order valence-corrected chi connectivity index (χ3v) is 2.71. The van der Waals surface area contributed by atoms with Crippen molar-refractivity contribution in [3.05, 3.63) is 34.9 Å². The van der Waals surface area contributed by atoms with Crippen molar-refractivity contribution >= 4 is 0 Å². The van der Waals surface area contributed by atoms with Crippen LogP contribution in [-0.4, -0.2) is 13.2 Å². The third kappa shape index (κ3) is 4.77. The fraction of sp³-hybridized carbons (Fsp3) is 0.538. The highest BCUT2D eigenvalue weighted by atomic mass is 19.4. The van der Waals surface area contributed by atoms with Crippen molar-refractivity contribution in [1.29, 1.82) is 0 Å². The molecule has 0 spiro atoms. The molecule has 0 aliphatic heterocycles. The predicted molar refractivity (Wildman–Crippen MR) is 63.0 cm³/mol. The van der Waals surface area contributed by atoms with Gasteiger partial charge >= 0.3 is 6.18 Å². The topological polar surface area (TPSA) is 12.0 Å². The zero-order chi connectivity index (χ0) is 13.1. The lowest BCUT2D eigenvalue weighted by Crippen LogP contribution is -2.19. The minimum Gasteiger partial charge on any atom is -0.313 e. The summed E-state index contributed by atoms with van der Waals surface area (Å²) in [5.74, 6) is 0. The number of hydrogen-bond donors (Lipinski definition) is 1. The summed E-state index contributed by atoms with van der Waals surface area (Å²) in [5, 5.41) is 2.95. The van der Waals surface area contributed by atoms with E-state index in [0.29, 0.717) is 0 Å². The van der Waals surface area contributed by atoms with Gasteiger partial charge in [0.25, 0.3) is 0 Å². The van der Waals surface area contributed by atoms with E-state index in [0.717, 1.165) is 16.7 Å². The maximum absolute atomic E-state index is 12.2. The molecule has 0 heterocycles. The third-order valence-electron chi connectivity index (χ3n) is 2.71. The first-order chi connectivity index (χ1) is 7.81. The van der Waals surface area contributed by atoms with Crippen molar-refractivity contribution in [2.45, 2.75) is 38.9 Å². The molecule has 1 aromatic carbocycles. The van der Waals surface area contributed by atoms with E-state index >= 15 is 0 Å². The van der Waals surface area contributed by atoms with Crippen LogP contribution in [0.5, 0.6) is 0 Å². The van der Waals surface area contributed by atoms with E-state index < -0.39 is 12.6 Å². The summed E-state index contributed by atoms with van der Waals surface area (Å²) in [4.78, 5) is 0. The SMILES string of the molecule is CNC(CCC(F)(F)F)c1cc(C)cc(C)c1. The zero-order valence-electron chi connectivity index (χ0n) is 10.4. The highest BCUT2D eigenvalue weighted by Crippen LogP contribution is 2.28. The van der Waals surface area contributed by atoms with Crippen molar-refractivity contribution in [3.63, 3.8) is 0 Å². The average molecular weight is 245 g/mol. The molecule has 0 radical (unpaired) electrons. The molecule has 0 aromatic heterocycles. The summed E-state index contributed by atoms with van der Waals surface area (Å²) in [5.41, 5.74) is 3.08. The van der Waals surface area contributed by atoms with Gasteiger partial charge in [0.2, 0.25) is 0 Å². The lowest BCUT2D eigenvalue weighted by molar-refractivity contribution is -0.136. The summed E-state index contributed by atoms with van der Waals surface area (Å²) >= 11 is 0. The molecule has 0 fully saturated rings. The smallest absolute Gasteiger partial charge is 0.313 e. The van der Waals surface area contributed by atoms with Crippen molar-refractivity contribution in [2.75, 3.05) is 7.05 Å². The summed E-state index contributed by atoms with van der Waals surface area (Å²) < 4.78 is 36.6. The fourth-order valence-corrected chi connectivity index (χ4v) is 2.00. The number of nitrogens with one attached hydrogen (secondary N) is 1. The highest BCUT2D eigenvalue weighted by Gasteiger charge is 2.28. The molecule has 1 atom stereocenters. The van der Waals surface area contributed by atoms with Gasteiger partial charge in [-0.05, 0) is 32.9 Å². The van der Waals surface area contributed by atoms with Crippen molar-refractivity contribution in [1.82, 2.24) is 5.32 Å². The Morgan fingerprint density at radius 2 is 1.65 bits per heavy atom. The van der Waals surface area contributed by atoms with E-state index in [1.54, 1.807) is 7.05 Å². The van der Waals surface area contributed by atoms with Gasteiger partial charge in [-0.1, -0.05) is 29.3 Å². The van der Waals surface area contributed by atoms with E-state index in [2.05, 4.69) is 5.32 Å². The van der Waals surface area contributed by atoms with Crippen LogP contribution < -0.4 is 5.32 Å². The predicted octanol–water partition coefficient (Wildman–Crippen LogP) is 3.91.